The molecule has 0 amide bonds. The zero-order valence-electron chi connectivity index (χ0n) is 11.1. The highest BCUT2D eigenvalue weighted by atomic mass is 32.1. The standard InChI is InChI=1S/C15H12N4OS/c1-7-4-9-5-8(2-3-11(9)16-7)12-6-10-13(17-12)18-15(21)19-14(10)20/h2-3,5,16H,1,4,6H2,(H2,18,19,20,21). The summed E-state index contributed by atoms with van der Waals surface area (Å²) in [6.45, 7) is 3.95. The number of nitrogens with zero attached hydrogens (tertiary/aromatic N) is 1. The van der Waals surface area contributed by atoms with Gasteiger partial charge < -0.3 is 10.3 Å². The molecule has 0 bridgehead atoms. The summed E-state index contributed by atoms with van der Waals surface area (Å²) in [6, 6.07) is 6.15. The van der Waals surface area contributed by atoms with Crippen LogP contribution in [0.4, 0.5) is 11.5 Å². The van der Waals surface area contributed by atoms with Gasteiger partial charge in [0.05, 0.1) is 11.3 Å². The van der Waals surface area contributed by atoms with Crippen LogP contribution < -0.4 is 10.9 Å². The minimum absolute atomic E-state index is 0.163. The van der Waals surface area contributed by atoms with Gasteiger partial charge in [0.25, 0.3) is 5.56 Å². The maximum Gasteiger partial charge on any atom is 0.257 e. The lowest BCUT2D eigenvalue weighted by atomic mass is 10.0. The lowest BCUT2D eigenvalue weighted by Gasteiger charge is -2.03. The van der Waals surface area contributed by atoms with E-state index in [0.29, 0.717) is 22.6 Å². The molecule has 2 aliphatic rings. The van der Waals surface area contributed by atoms with Crippen LogP contribution >= 0.6 is 12.2 Å². The molecule has 0 fully saturated rings. The van der Waals surface area contributed by atoms with Gasteiger partial charge in [0.2, 0.25) is 0 Å². The number of aromatic amines is 2. The topological polar surface area (TPSA) is 73.0 Å². The third-order valence-electron chi connectivity index (χ3n) is 3.76. The van der Waals surface area contributed by atoms with E-state index < -0.39 is 0 Å². The van der Waals surface area contributed by atoms with Crippen LogP contribution in [0.15, 0.2) is 40.3 Å². The highest BCUT2D eigenvalue weighted by Crippen LogP contribution is 2.30. The van der Waals surface area contributed by atoms with Crippen molar-refractivity contribution in [1.82, 2.24) is 9.97 Å². The number of anilines is 1. The summed E-state index contributed by atoms with van der Waals surface area (Å²) < 4.78 is 0.304. The molecule has 0 saturated carbocycles. The molecule has 5 nitrogen and oxygen atoms in total. The predicted octanol–water partition coefficient (Wildman–Crippen LogP) is 2.59. The Hall–Kier alpha value is -2.47. The normalized spacial score (nSPS) is 15.4. The van der Waals surface area contributed by atoms with Gasteiger partial charge in [-0.05, 0) is 35.5 Å². The van der Waals surface area contributed by atoms with Crippen LogP contribution in [0, 0.1) is 4.77 Å². The quantitative estimate of drug-likeness (QED) is 0.708. The molecule has 4 rings (SSSR count). The average Bonchev–Trinajstić information content (AvgIpc) is 2.99. The average molecular weight is 296 g/mol. The minimum Gasteiger partial charge on any atom is -0.359 e. The smallest absolute Gasteiger partial charge is 0.257 e. The number of benzene rings is 1. The first-order valence-electron chi connectivity index (χ1n) is 6.61. The number of H-pyrrole nitrogens is 2. The Morgan fingerprint density at radius 1 is 1.24 bits per heavy atom. The SMILES string of the molecule is C=C1Cc2cc(C3=Nc4[nH]c(=S)[nH]c(=O)c4C3)ccc2N1. The number of hydrogen-bond acceptors (Lipinski definition) is 4. The fraction of sp³-hybridized carbons (Fsp3) is 0.133. The number of nitrogens with one attached hydrogen (secondary N) is 3. The Balaban J connectivity index is 1.77. The third kappa shape index (κ3) is 1.95. The second-order valence-electron chi connectivity index (χ2n) is 5.25. The van der Waals surface area contributed by atoms with E-state index in [-0.39, 0.29) is 5.56 Å². The molecule has 0 spiro atoms. The highest BCUT2D eigenvalue weighted by molar-refractivity contribution is 7.71. The van der Waals surface area contributed by atoms with E-state index in [4.69, 9.17) is 12.2 Å². The van der Waals surface area contributed by atoms with Gasteiger partial charge in [0, 0.05) is 24.2 Å². The van der Waals surface area contributed by atoms with E-state index in [2.05, 4.69) is 32.9 Å². The Kier molecular flexibility index (Phi) is 2.49. The molecule has 6 heteroatoms. The van der Waals surface area contributed by atoms with Gasteiger partial charge in [-0.2, -0.15) is 0 Å². The summed E-state index contributed by atoms with van der Waals surface area (Å²) in [6.07, 6.45) is 1.34. The number of aliphatic imine (C=N–C) groups is 1. The second kappa shape index (κ2) is 4.26. The number of fused-ring (bicyclic) bond motifs is 2. The molecule has 2 aromatic rings. The van der Waals surface area contributed by atoms with Crippen molar-refractivity contribution in [2.75, 3.05) is 5.32 Å². The zero-order chi connectivity index (χ0) is 14.6. The van der Waals surface area contributed by atoms with E-state index in [1.54, 1.807) is 0 Å². The van der Waals surface area contributed by atoms with Gasteiger partial charge in [-0.3, -0.25) is 9.78 Å². The Morgan fingerprint density at radius 3 is 2.95 bits per heavy atom. The second-order valence-corrected chi connectivity index (χ2v) is 5.66. The molecule has 0 aliphatic carbocycles. The number of allylic oxidation sites excluding steroid dienone is 1. The minimum atomic E-state index is -0.163. The van der Waals surface area contributed by atoms with Crippen molar-refractivity contribution in [2.24, 2.45) is 4.99 Å². The Labute approximate surface area is 125 Å². The first-order chi connectivity index (χ1) is 10.1. The van der Waals surface area contributed by atoms with Gasteiger partial charge in [0.1, 0.15) is 5.82 Å². The molecule has 104 valence electrons. The largest absolute Gasteiger partial charge is 0.359 e. The van der Waals surface area contributed by atoms with Crippen molar-refractivity contribution in [3.63, 3.8) is 0 Å². The lowest BCUT2D eigenvalue weighted by molar-refractivity contribution is 1.05. The van der Waals surface area contributed by atoms with Crippen LogP contribution in [-0.4, -0.2) is 15.7 Å². The summed E-state index contributed by atoms with van der Waals surface area (Å²) in [4.78, 5) is 22.0. The molecule has 0 unspecified atom stereocenters. The fourth-order valence-electron chi connectivity index (χ4n) is 2.77. The molecule has 0 atom stereocenters. The van der Waals surface area contributed by atoms with E-state index >= 15 is 0 Å². The molecule has 0 saturated heterocycles. The van der Waals surface area contributed by atoms with Crippen molar-refractivity contribution in [3.05, 3.63) is 62.3 Å². The molecule has 3 N–H and O–H groups in total. The Morgan fingerprint density at radius 2 is 2.10 bits per heavy atom. The van der Waals surface area contributed by atoms with Gasteiger partial charge in [0.15, 0.2) is 4.77 Å². The molecule has 1 aromatic carbocycles. The third-order valence-corrected chi connectivity index (χ3v) is 3.97. The summed E-state index contributed by atoms with van der Waals surface area (Å²) in [7, 11) is 0. The molecule has 2 aliphatic heterocycles. The maximum atomic E-state index is 11.9. The van der Waals surface area contributed by atoms with Crippen LogP contribution in [0.1, 0.15) is 16.7 Å². The predicted molar refractivity (Wildman–Crippen MR) is 85.1 cm³/mol. The molecule has 0 radical (unpaired) electrons. The molecular weight excluding hydrogens is 284 g/mol. The van der Waals surface area contributed by atoms with Crippen molar-refractivity contribution in [2.45, 2.75) is 12.8 Å². The number of aromatic nitrogens is 2. The summed E-state index contributed by atoms with van der Waals surface area (Å²) in [5, 5.41) is 3.24. The van der Waals surface area contributed by atoms with E-state index in [1.807, 2.05) is 12.1 Å². The zero-order valence-corrected chi connectivity index (χ0v) is 11.9. The number of hydrogen-bond donors (Lipinski definition) is 3. The van der Waals surface area contributed by atoms with Crippen molar-refractivity contribution in [3.8, 4) is 0 Å². The molecule has 21 heavy (non-hydrogen) atoms. The summed E-state index contributed by atoms with van der Waals surface area (Å²) >= 11 is 4.98. The van der Waals surface area contributed by atoms with Crippen molar-refractivity contribution >= 4 is 29.4 Å². The summed E-state index contributed by atoms with van der Waals surface area (Å²) in [5.41, 5.74) is 5.69. The van der Waals surface area contributed by atoms with Crippen LogP contribution in [0.25, 0.3) is 0 Å². The van der Waals surface area contributed by atoms with E-state index in [0.717, 1.165) is 29.1 Å². The number of rotatable bonds is 1. The van der Waals surface area contributed by atoms with Gasteiger partial charge in [-0.15, -0.1) is 0 Å². The lowest BCUT2D eigenvalue weighted by Crippen LogP contribution is -2.14. The first-order valence-corrected chi connectivity index (χ1v) is 7.02. The molecule has 3 heterocycles. The van der Waals surface area contributed by atoms with E-state index in [1.165, 1.54) is 5.56 Å². The van der Waals surface area contributed by atoms with Gasteiger partial charge in [-0.25, -0.2) is 4.99 Å². The first kappa shape index (κ1) is 12.3. The van der Waals surface area contributed by atoms with E-state index in [9.17, 15) is 4.79 Å². The Bertz CT molecular complexity index is 935. The monoisotopic (exact) mass is 296 g/mol. The van der Waals surface area contributed by atoms with Crippen LogP contribution in [0.5, 0.6) is 0 Å². The van der Waals surface area contributed by atoms with Crippen molar-refractivity contribution in [1.29, 1.82) is 0 Å². The van der Waals surface area contributed by atoms with Crippen LogP contribution in [-0.2, 0) is 12.8 Å². The van der Waals surface area contributed by atoms with Gasteiger partial charge in [-0.1, -0.05) is 12.6 Å². The van der Waals surface area contributed by atoms with Crippen LogP contribution in [0.3, 0.4) is 0 Å². The molecule has 1 aromatic heterocycles. The fourth-order valence-corrected chi connectivity index (χ4v) is 2.96. The maximum absolute atomic E-state index is 11.9. The summed E-state index contributed by atoms with van der Waals surface area (Å²) in [5.74, 6) is 0.571. The van der Waals surface area contributed by atoms with Crippen molar-refractivity contribution < 1.29 is 0 Å². The highest BCUT2D eigenvalue weighted by Gasteiger charge is 2.21. The van der Waals surface area contributed by atoms with Gasteiger partial charge >= 0.3 is 0 Å². The van der Waals surface area contributed by atoms with Crippen LogP contribution in [0.2, 0.25) is 0 Å². The molecular formula is C15H12N4OS.